The highest BCUT2D eigenvalue weighted by molar-refractivity contribution is 7.12. The van der Waals surface area contributed by atoms with E-state index in [2.05, 4.69) is 39.0 Å². The first kappa shape index (κ1) is 13.2. The second kappa shape index (κ2) is 5.16. The molecule has 1 aliphatic carbocycles. The van der Waals surface area contributed by atoms with Gasteiger partial charge < -0.3 is 0 Å². The molecule has 1 unspecified atom stereocenters. The third-order valence-corrected chi connectivity index (χ3v) is 4.85. The normalized spacial score (nSPS) is 23.5. The van der Waals surface area contributed by atoms with Gasteiger partial charge >= 0.3 is 0 Å². The van der Waals surface area contributed by atoms with E-state index in [1.165, 1.54) is 21.7 Å². The third kappa shape index (κ3) is 3.59. The summed E-state index contributed by atoms with van der Waals surface area (Å²) in [6.07, 6.45) is 6.81. The maximum absolute atomic E-state index is 6.32. The molecule has 0 aromatic carbocycles. The maximum atomic E-state index is 6.32. The van der Waals surface area contributed by atoms with Gasteiger partial charge in [0.05, 0.1) is 5.38 Å². The quantitative estimate of drug-likeness (QED) is 0.522. The standard InChI is InChI=1S/C15H21ClS/c1-4-13-5-6-14(17-13)8-11-7-12(16)10-15(2,3)9-11/h5-7,12H,4,8-10H2,1-3H3. The molecule has 1 heterocycles. The van der Waals surface area contributed by atoms with Gasteiger partial charge in [-0.25, -0.2) is 0 Å². The Labute approximate surface area is 114 Å². The highest BCUT2D eigenvalue weighted by Gasteiger charge is 2.27. The molecular formula is C15H21ClS. The third-order valence-electron chi connectivity index (χ3n) is 3.34. The van der Waals surface area contributed by atoms with Gasteiger partial charge in [0.15, 0.2) is 0 Å². The van der Waals surface area contributed by atoms with Gasteiger partial charge in [-0.3, -0.25) is 0 Å². The first-order chi connectivity index (χ1) is 7.98. The van der Waals surface area contributed by atoms with E-state index in [4.69, 9.17) is 11.6 Å². The molecule has 0 saturated carbocycles. The Kier molecular flexibility index (Phi) is 3.99. The van der Waals surface area contributed by atoms with E-state index >= 15 is 0 Å². The SMILES string of the molecule is CCc1ccc(CC2=CC(Cl)CC(C)(C)C2)s1. The fraction of sp³-hybridized carbons (Fsp3) is 0.600. The minimum absolute atomic E-state index is 0.222. The molecule has 0 nitrogen and oxygen atoms in total. The number of thiophene rings is 1. The molecule has 2 rings (SSSR count). The zero-order chi connectivity index (χ0) is 12.5. The van der Waals surface area contributed by atoms with Crippen molar-refractivity contribution in [3.05, 3.63) is 33.5 Å². The van der Waals surface area contributed by atoms with Crippen LogP contribution in [-0.4, -0.2) is 5.38 Å². The summed E-state index contributed by atoms with van der Waals surface area (Å²) in [5, 5.41) is 0.222. The van der Waals surface area contributed by atoms with Crippen molar-refractivity contribution in [1.29, 1.82) is 0 Å². The maximum Gasteiger partial charge on any atom is 0.0523 e. The first-order valence-corrected chi connectivity index (χ1v) is 7.65. The van der Waals surface area contributed by atoms with Gasteiger partial charge in [0.2, 0.25) is 0 Å². The molecule has 1 aromatic heterocycles. The van der Waals surface area contributed by atoms with Crippen LogP contribution in [-0.2, 0) is 12.8 Å². The molecule has 0 bridgehead atoms. The Bertz CT molecular complexity index is 414. The van der Waals surface area contributed by atoms with Crippen molar-refractivity contribution < 1.29 is 0 Å². The number of hydrogen-bond acceptors (Lipinski definition) is 1. The van der Waals surface area contributed by atoms with E-state index in [9.17, 15) is 0 Å². The molecule has 0 N–H and O–H groups in total. The Morgan fingerprint density at radius 3 is 2.65 bits per heavy atom. The largest absolute Gasteiger partial charge is 0.145 e. The van der Waals surface area contributed by atoms with Crippen molar-refractivity contribution in [2.75, 3.05) is 0 Å². The van der Waals surface area contributed by atoms with Crippen LogP contribution in [0.1, 0.15) is 43.4 Å². The zero-order valence-electron chi connectivity index (χ0n) is 10.9. The predicted octanol–water partition coefficient (Wildman–Crippen LogP) is 5.21. The molecule has 0 spiro atoms. The molecule has 0 fully saturated rings. The summed E-state index contributed by atoms with van der Waals surface area (Å²) in [6.45, 7) is 6.86. The molecule has 2 heteroatoms. The average Bonchev–Trinajstić information content (AvgIpc) is 2.62. The number of halogens is 1. The second-order valence-corrected chi connectivity index (χ2v) is 7.60. The number of allylic oxidation sites excluding steroid dienone is 2. The summed E-state index contributed by atoms with van der Waals surface area (Å²) >= 11 is 8.27. The number of hydrogen-bond donors (Lipinski definition) is 0. The summed E-state index contributed by atoms with van der Waals surface area (Å²) in [4.78, 5) is 2.97. The topological polar surface area (TPSA) is 0 Å². The summed E-state index contributed by atoms with van der Waals surface area (Å²) in [5.74, 6) is 0. The Morgan fingerprint density at radius 1 is 1.35 bits per heavy atom. The zero-order valence-corrected chi connectivity index (χ0v) is 12.5. The minimum atomic E-state index is 0.222. The lowest BCUT2D eigenvalue weighted by Crippen LogP contribution is -2.22. The van der Waals surface area contributed by atoms with Crippen molar-refractivity contribution in [3.8, 4) is 0 Å². The van der Waals surface area contributed by atoms with Crippen LogP contribution in [0.3, 0.4) is 0 Å². The molecule has 1 aliphatic rings. The van der Waals surface area contributed by atoms with Gasteiger partial charge in [0, 0.05) is 16.2 Å². The Balaban J connectivity index is 2.08. The predicted molar refractivity (Wildman–Crippen MR) is 78.1 cm³/mol. The lowest BCUT2D eigenvalue weighted by molar-refractivity contribution is 0.320. The molecule has 94 valence electrons. The van der Waals surface area contributed by atoms with Crippen molar-refractivity contribution in [2.45, 2.75) is 51.8 Å². The van der Waals surface area contributed by atoms with Crippen LogP contribution in [0.5, 0.6) is 0 Å². The van der Waals surface area contributed by atoms with Crippen LogP contribution in [0.2, 0.25) is 0 Å². The van der Waals surface area contributed by atoms with Crippen LogP contribution in [0.15, 0.2) is 23.8 Å². The lowest BCUT2D eigenvalue weighted by Gasteiger charge is -2.32. The van der Waals surface area contributed by atoms with Gasteiger partial charge in [-0.05, 0) is 36.8 Å². The van der Waals surface area contributed by atoms with Crippen molar-refractivity contribution in [2.24, 2.45) is 5.41 Å². The van der Waals surface area contributed by atoms with Crippen molar-refractivity contribution in [3.63, 3.8) is 0 Å². The summed E-state index contributed by atoms with van der Waals surface area (Å²) in [5.41, 5.74) is 1.88. The van der Waals surface area contributed by atoms with Gasteiger partial charge in [-0.15, -0.1) is 22.9 Å². The highest BCUT2D eigenvalue weighted by Crippen LogP contribution is 2.38. The molecule has 0 radical (unpaired) electrons. The smallest absolute Gasteiger partial charge is 0.0523 e. The molecular weight excluding hydrogens is 248 g/mol. The molecule has 17 heavy (non-hydrogen) atoms. The highest BCUT2D eigenvalue weighted by atomic mass is 35.5. The summed E-state index contributed by atoms with van der Waals surface area (Å²) < 4.78 is 0. The minimum Gasteiger partial charge on any atom is -0.145 e. The summed E-state index contributed by atoms with van der Waals surface area (Å²) in [6, 6.07) is 4.53. The van der Waals surface area contributed by atoms with Gasteiger partial charge in [0.1, 0.15) is 0 Å². The van der Waals surface area contributed by atoms with Gasteiger partial charge in [-0.1, -0.05) is 32.4 Å². The van der Waals surface area contributed by atoms with Crippen LogP contribution in [0.4, 0.5) is 0 Å². The molecule has 0 saturated heterocycles. The van der Waals surface area contributed by atoms with Crippen LogP contribution in [0, 0.1) is 5.41 Å². The lowest BCUT2D eigenvalue weighted by atomic mass is 9.76. The molecule has 0 aliphatic heterocycles. The molecule has 1 aromatic rings. The van der Waals surface area contributed by atoms with E-state index < -0.39 is 0 Å². The van der Waals surface area contributed by atoms with Crippen molar-refractivity contribution in [1.82, 2.24) is 0 Å². The van der Waals surface area contributed by atoms with E-state index in [-0.39, 0.29) is 5.38 Å². The first-order valence-electron chi connectivity index (χ1n) is 6.40. The molecule has 1 atom stereocenters. The average molecular weight is 269 g/mol. The van der Waals surface area contributed by atoms with E-state index in [1.54, 1.807) is 0 Å². The van der Waals surface area contributed by atoms with E-state index in [1.807, 2.05) is 11.3 Å². The second-order valence-electron chi connectivity index (χ2n) is 5.78. The number of aryl methyl sites for hydroxylation is 1. The Morgan fingerprint density at radius 2 is 2.06 bits per heavy atom. The Hall–Kier alpha value is -0.270. The number of rotatable bonds is 3. The monoisotopic (exact) mass is 268 g/mol. The van der Waals surface area contributed by atoms with Crippen molar-refractivity contribution >= 4 is 22.9 Å². The van der Waals surface area contributed by atoms with Gasteiger partial charge in [-0.2, -0.15) is 0 Å². The number of alkyl halides is 1. The summed E-state index contributed by atoms with van der Waals surface area (Å²) in [7, 11) is 0. The van der Waals surface area contributed by atoms with E-state index in [0.29, 0.717) is 5.41 Å². The van der Waals surface area contributed by atoms with E-state index in [0.717, 1.165) is 19.3 Å². The van der Waals surface area contributed by atoms with Crippen LogP contribution in [0.25, 0.3) is 0 Å². The fourth-order valence-corrected chi connectivity index (χ4v) is 4.25. The van der Waals surface area contributed by atoms with Crippen LogP contribution < -0.4 is 0 Å². The van der Waals surface area contributed by atoms with Gasteiger partial charge in [0.25, 0.3) is 0 Å². The fourth-order valence-electron chi connectivity index (χ4n) is 2.64. The van der Waals surface area contributed by atoms with Crippen LogP contribution >= 0.6 is 22.9 Å². The molecule has 0 amide bonds.